The van der Waals surface area contributed by atoms with E-state index in [0.29, 0.717) is 4.75 Å². The average Bonchev–Trinajstić information content (AvgIpc) is 2.22. The summed E-state index contributed by atoms with van der Waals surface area (Å²) in [4.78, 5) is 4.42. The number of hydrogen-bond donors (Lipinski definition) is 2. The third kappa shape index (κ3) is 2.26. The van der Waals surface area contributed by atoms with Crippen LogP contribution in [0.1, 0.15) is 25.0 Å². The van der Waals surface area contributed by atoms with Crippen molar-refractivity contribution in [3.05, 3.63) is 17.8 Å². The van der Waals surface area contributed by atoms with E-state index < -0.39 is 0 Å². The highest BCUT2D eigenvalue weighted by Crippen LogP contribution is 2.42. The fraction of sp³-hybridized carbons (Fsp3) is 0.583. The molecule has 1 aromatic rings. The van der Waals surface area contributed by atoms with E-state index in [0.717, 1.165) is 23.7 Å². The lowest BCUT2D eigenvalue weighted by Crippen LogP contribution is -2.40. The van der Waals surface area contributed by atoms with Gasteiger partial charge in [-0.3, -0.25) is 0 Å². The molecule has 1 aliphatic rings. The van der Waals surface area contributed by atoms with Gasteiger partial charge in [-0.25, -0.2) is 4.98 Å². The highest BCUT2D eigenvalue weighted by atomic mass is 32.2. The normalized spacial score (nSPS) is 17.9. The molecule has 4 heteroatoms. The van der Waals surface area contributed by atoms with Crippen LogP contribution in [0.25, 0.3) is 0 Å². The number of pyridine rings is 1. The zero-order chi connectivity index (χ0) is 11.6. The monoisotopic (exact) mass is 237 g/mol. The summed E-state index contributed by atoms with van der Waals surface area (Å²) in [6, 6.07) is 3.87. The minimum Gasteiger partial charge on any atom is -0.397 e. The lowest BCUT2D eigenvalue weighted by atomic mass is 9.84. The Balaban J connectivity index is 1.96. The zero-order valence-corrected chi connectivity index (χ0v) is 10.7. The molecule has 2 rings (SSSR count). The van der Waals surface area contributed by atoms with Gasteiger partial charge in [0.25, 0.3) is 0 Å². The minimum absolute atomic E-state index is 0.441. The van der Waals surface area contributed by atoms with E-state index in [1.807, 2.05) is 30.8 Å². The summed E-state index contributed by atoms with van der Waals surface area (Å²) >= 11 is 1.97. The summed E-state index contributed by atoms with van der Waals surface area (Å²) in [5, 5.41) is 3.42. The third-order valence-electron chi connectivity index (χ3n) is 3.42. The van der Waals surface area contributed by atoms with Gasteiger partial charge in [0.1, 0.15) is 5.82 Å². The van der Waals surface area contributed by atoms with Crippen LogP contribution in [0.4, 0.5) is 11.5 Å². The summed E-state index contributed by atoms with van der Waals surface area (Å²) in [6.07, 6.45) is 6.18. The van der Waals surface area contributed by atoms with Crippen LogP contribution in [0.2, 0.25) is 0 Å². The molecule has 0 saturated heterocycles. The second-order valence-electron chi connectivity index (χ2n) is 4.47. The fourth-order valence-electron chi connectivity index (χ4n) is 1.95. The van der Waals surface area contributed by atoms with Gasteiger partial charge >= 0.3 is 0 Å². The van der Waals surface area contributed by atoms with Gasteiger partial charge < -0.3 is 11.1 Å². The molecule has 88 valence electrons. The maximum Gasteiger partial charge on any atom is 0.126 e. The summed E-state index contributed by atoms with van der Waals surface area (Å²) in [5.41, 5.74) is 7.40. The van der Waals surface area contributed by atoms with Gasteiger partial charge in [-0.15, -0.1) is 0 Å². The zero-order valence-electron chi connectivity index (χ0n) is 9.92. The summed E-state index contributed by atoms with van der Waals surface area (Å²) in [6.45, 7) is 2.94. The molecule has 0 atom stereocenters. The molecule has 0 bridgehead atoms. The summed E-state index contributed by atoms with van der Waals surface area (Å²) < 4.78 is 0.441. The molecule has 1 saturated carbocycles. The molecular formula is C12H19N3S. The Bertz CT molecular complexity index is 369. The molecule has 0 spiro atoms. The topological polar surface area (TPSA) is 50.9 Å². The highest BCUT2D eigenvalue weighted by molar-refractivity contribution is 8.00. The number of aryl methyl sites for hydroxylation is 1. The second kappa shape index (κ2) is 4.53. The molecule has 1 aromatic heterocycles. The molecule has 1 heterocycles. The van der Waals surface area contributed by atoms with Gasteiger partial charge in [-0.2, -0.15) is 11.8 Å². The fourth-order valence-corrected chi connectivity index (χ4v) is 2.86. The number of thioether (sulfide) groups is 1. The second-order valence-corrected chi connectivity index (χ2v) is 5.74. The van der Waals surface area contributed by atoms with Crippen molar-refractivity contribution in [1.29, 1.82) is 0 Å². The Labute approximate surface area is 101 Å². The number of nitrogens with one attached hydrogen (secondary N) is 1. The number of nitrogens with two attached hydrogens (primary N) is 1. The van der Waals surface area contributed by atoms with E-state index in [-0.39, 0.29) is 0 Å². The first-order chi connectivity index (χ1) is 7.65. The van der Waals surface area contributed by atoms with Crippen molar-refractivity contribution in [1.82, 2.24) is 4.98 Å². The van der Waals surface area contributed by atoms with Crippen molar-refractivity contribution < 1.29 is 0 Å². The van der Waals surface area contributed by atoms with Crippen molar-refractivity contribution in [2.45, 2.75) is 30.9 Å². The van der Waals surface area contributed by atoms with Crippen molar-refractivity contribution in [2.75, 3.05) is 23.9 Å². The third-order valence-corrected chi connectivity index (χ3v) is 4.83. The molecule has 0 aromatic carbocycles. The number of nitrogen functional groups attached to an aromatic ring is 1. The van der Waals surface area contributed by atoms with Gasteiger partial charge in [0.2, 0.25) is 0 Å². The smallest absolute Gasteiger partial charge is 0.126 e. The van der Waals surface area contributed by atoms with Crippen molar-refractivity contribution in [2.24, 2.45) is 0 Å². The van der Waals surface area contributed by atoms with E-state index in [4.69, 9.17) is 5.73 Å². The molecular weight excluding hydrogens is 218 g/mol. The lowest BCUT2D eigenvalue weighted by molar-refractivity contribution is 0.379. The number of aromatic nitrogens is 1. The maximum atomic E-state index is 5.74. The Hall–Kier alpha value is -0.900. The average molecular weight is 237 g/mol. The first-order valence-corrected chi connectivity index (χ1v) is 6.90. The van der Waals surface area contributed by atoms with Crippen LogP contribution in [-0.2, 0) is 0 Å². The molecule has 3 N–H and O–H groups in total. The SMILES string of the molecule is CSC1(CNc2ccc(N)c(C)n2)CCC1. The van der Waals surface area contributed by atoms with Gasteiger partial charge in [0, 0.05) is 11.3 Å². The van der Waals surface area contributed by atoms with E-state index in [1.54, 1.807) is 0 Å². The molecule has 1 aliphatic carbocycles. The first kappa shape index (κ1) is 11.6. The minimum atomic E-state index is 0.441. The Morgan fingerprint density at radius 2 is 2.25 bits per heavy atom. The van der Waals surface area contributed by atoms with Crippen molar-refractivity contribution in [3.63, 3.8) is 0 Å². The molecule has 0 unspecified atom stereocenters. The van der Waals surface area contributed by atoms with Crippen LogP contribution in [0.15, 0.2) is 12.1 Å². The number of rotatable bonds is 4. The van der Waals surface area contributed by atoms with E-state index in [9.17, 15) is 0 Å². The van der Waals surface area contributed by atoms with Gasteiger partial charge in [0.15, 0.2) is 0 Å². The van der Waals surface area contributed by atoms with E-state index >= 15 is 0 Å². The lowest BCUT2D eigenvalue weighted by Gasteiger charge is -2.40. The molecule has 16 heavy (non-hydrogen) atoms. The standard InChI is InChI=1S/C12H19N3S/c1-9-10(13)4-5-11(15-9)14-8-12(16-2)6-3-7-12/h4-5H,3,6-8,13H2,1-2H3,(H,14,15). The predicted octanol–water partition coefficient (Wildman–Crippen LogP) is 2.67. The van der Waals surface area contributed by atoms with Crippen LogP contribution in [0.3, 0.4) is 0 Å². The van der Waals surface area contributed by atoms with Gasteiger partial charge in [0.05, 0.1) is 11.4 Å². The summed E-state index contributed by atoms with van der Waals surface area (Å²) in [7, 11) is 0. The predicted molar refractivity (Wildman–Crippen MR) is 72.0 cm³/mol. The van der Waals surface area contributed by atoms with Crippen molar-refractivity contribution >= 4 is 23.3 Å². The van der Waals surface area contributed by atoms with Crippen LogP contribution in [0.5, 0.6) is 0 Å². The number of nitrogens with zero attached hydrogens (tertiary/aromatic N) is 1. The Morgan fingerprint density at radius 3 is 2.75 bits per heavy atom. The molecule has 0 radical (unpaired) electrons. The Kier molecular flexibility index (Phi) is 3.28. The van der Waals surface area contributed by atoms with Gasteiger partial charge in [-0.05, 0) is 38.2 Å². The van der Waals surface area contributed by atoms with E-state index in [2.05, 4.69) is 16.6 Å². The number of anilines is 2. The van der Waals surface area contributed by atoms with Crippen LogP contribution in [-0.4, -0.2) is 22.5 Å². The first-order valence-electron chi connectivity index (χ1n) is 5.67. The van der Waals surface area contributed by atoms with Crippen LogP contribution >= 0.6 is 11.8 Å². The highest BCUT2D eigenvalue weighted by Gasteiger charge is 2.35. The quantitative estimate of drug-likeness (QED) is 0.845. The van der Waals surface area contributed by atoms with E-state index in [1.165, 1.54) is 19.3 Å². The molecule has 1 fully saturated rings. The molecule has 0 aliphatic heterocycles. The summed E-state index contributed by atoms with van der Waals surface area (Å²) in [5.74, 6) is 0.937. The number of hydrogen-bond acceptors (Lipinski definition) is 4. The largest absolute Gasteiger partial charge is 0.397 e. The van der Waals surface area contributed by atoms with Crippen LogP contribution in [0, 0.1) is 6.92 Å². The van der Waals surface area contributed by atoms with Crippen molar-refractivity contribution in [3.8, 4) is 0 Å². The molecule has 3 nitrogen and oxygen atoms in total. The van der Waals surface area contributed by atoms with Gasteiger partial charge in [-0.1, -0.05) is 6.42 Å². The molecule has 0 amide bonds. The Morgan fingerprint density at radius 1 is 1.50 bits per heavy atom. The maximum absolute atomic E-state index is 5.74. The van der Waals surface area contributed by atoms with Crippen LogP contribution < -0.4 is 11.1 Å².